The molecule has 100 valence electrons. The average Bonchev–Trinajstić information content (AvgIpc) is 2.30. The molecule has 3 heteroatoms. The summed E-state index contributed by atoms with van der Waals surface area (Å²) in [6.07, 6.45) is -0.946. The van der Waals surface area contributed by atoms with Crippen LogP contribution in [0, 0.1) is 26.6 Å². The zero-order chi connectivity index (χ0) is 14.2. The van der Waals surface area contributed by atoms with Gasteiger partial charge in [-0.25, -0.2) is 4.39 Å². The van der Waals surface area contributed by atoms with E-state index < -0.39 is 6.10 Å². The molecular weight excluding hydrogens is 307 g/mol. The Hall–Kier alpha value is -1.19. The van der Waals surface area contributed by atoms with E-state index >= 15 is 0 Å². The SMILES string of the molecule is Cc1cc(C)c(C(O)c2cc(Br)ccc2C)c(F)c1. The van der Waals surface area contributed by atoms with Crippen LogP contribution in [0.2, 0.25) is 0 Å². The lowest BCUT2D eigenvalue weighted by atomic mass is 9.93. The highest BCUT2D eigenvalue weighted by atomic mass is 79.9. The second-order valence-electron chi connectivity index (χ2n) is 4.88. The van der Waals surface area contributed by atoms with Gasteiger partial charge in [-0.05, 0) is 61.2 Å². The summed E-state index contributed by atoms with van der Waals surface area (Å²) in [5.74, 6) is -0.357. The van der Waals surface area contributed by atoms with Crippen molar-refractivity contribution < 1.29 is 9.50 Å². The van der Waals surface area contributed by atoms with Gasteiger partial charge in [-0.3, -0.25) is 0 Å². The summed E-state index contributed by atoms with van der Waals surface area (Å²) < 4.78 is 15.0. The van der Waals surface area contributed by atoms with Crippen molar-refractivity contribution in [2.75, 3.05) is 0 Å². The highest BCUT2D eigenvalue weighted by Crippen LogP contribution is 2.31. The molecule has 2 rings (SSSR count). The molecule has 0 aromatic heterocycles. The second kappa shape index (κ2) is 5.43. The molecule has 0 radical (unpaired) electrons. The molecule has 1 atom stereocenters. The molecule has 2 aromatic rings. The highest BCUT2D eigenvalue weighted by molar-refractivity contribution is 9.10. The molecule has 0 aliphatic carbocycles. The summed E-state index contributed by atoms with van der Waals surface area (Å²) in [6.45, 7) is 5.57. The molecule has 1 unspecified atom stereocenters. The Morgan fingerprint density at radius 1 is 1.05 bits per heavy atom. The molecule has 0 heterocycles. The van der Waals surface area contributed by atoms with Crippen LogP contribution in [0.1, 0.15) is 33.9 Å². The Balaban J connectivity index is 2.56. The first-order valence-corrected chi connectivity index (χ1v) is 6.90. The number of halogens is 2. The van der Waals surface area contributed by atoms with Gasteiger partial charge in [0.1, 0.15) is 11.9 Å². The molecule has 1 nitrogen and oxygen atoms in total. The lowest BCUT2D eigenvalue weighted by Gasteiger charge is -2.18. The Labute approximate surface area is 121 Å². The molecule has 19 heavy (non-hydrogen) atoms. The standard InChI is InChI=1S/C16H16BrFO/c1-9-6-11(3)15(14(18)7-9)16(19)13-8-12(17)5-4-10(13)2/h4-8,16,19H,1-3H3. The molecular formula is C16H16BrFO. The molecule has 0 fully saturated rings. The van der Waals surface area contributed by atoms with E-state index in [2.05, 4.69) is 15.9 Å². The Morgan fingerprint density at radius 3 is 2.37 bits per heavy atom. The quantitative estimate of drug-likeness (QED) is 0.857. The fraction of sp³-hybridized carbons (Fsp3) is 0.250. The first-order valence-electron chi connectivity index (χ1n) is 6.11. The monoisotopic (exact) mass is 322 g/mol. The third-order valence-electron chi connectivity index (χ3n) is 3.29. The fourth-order valence-electron chi connectivity index (χ4n) is 2.33. The predicted molar refractivity (Wildman–Crippen MR) is 78.8 cm³/mol. The van der Waals surface area contributed by atoms with Crippen LogP contribution in [-0.4, -0.2) is 5.11 Å². The third-order valence-corrected chi connectivity index (χ3v) is 3.78. The highest BCUT2D eigenvalue weighted by Gasteiger charge is 2.19. The summed E-state index contributed by atoms with van der Waals surface area (Å²) in [5, 5.41) is 10.5. The van der Waals surface area contributed by atoms with Crippen molar-refractivity contribution in [2.45, 2.75) is 26.9 Å². The molecule has 0 amide bonds. The van der Waals surface area contributed by atoms with Gasteiger partial charge in [0.25, 0.3) is 0 Å². The van der Waals surface area contributed by atoms with Crippen LogP contribution in [0.4, 0.5) is 4.39 Å². The number of aryl methyl sites for hydroxylation is 3. The van der Waals surface area contributed by atoms with Crippen molar-refractivity contribution in [2.24, 2.45) is 0 Å². The van der Waals surface area contributed by atoms with E-state index in [9.17, 15) is 9.50 Å². The zero-order valence-corrected chi connectivity index (χ0v) is 12.8. The molecule has 0 aliphatic rings. The summed E-state index contributed by atoms with van der Waals surface area (Å²) in [7, 11) is 0. The minimum atomic E-state index is -0.946. The summed E-state index contributed by atoms with van der Waals surface area (Å²) in [5.41, 5.74) is 3.64. The Bertz CT molecular complexity index is 599. The molecule has 1 N–H and O–H groups in total. The summed E-state index contributed by atoms with van der Waals surface area (Å²) >= 11 is 3.38. The van der Waals surface area contributed by atoms with E-state index in [-0.39, 0.29) is 5.82 Å². The zero-order valence-electron chi connectivity index (χ0n) is 11.2. The maximum Gasteiger partial charge on any atom is 0.129 e. The maximum absolute atomic E-state index is 14.1. The van der Waals surface area contributed by atoms with Gasteiger partial charge in [0.15, 0.2) is 0 Å². The fourth-order valence-corrected chi connectivity index (χ4v) is 2.71. The molecule has 0 aliphatic heterocycles. The van der Waals surface area contributed by atoms with Gasteiger partial charge in [-0.15, -0.1) is 0 Å². The average molecular weight is 323 g/mol. The van der Waals surface area contributed by atoms with Crippen LogP contribution in [0.5, 0.6) is 0 Å². The van der Waals surface area contributed by atoms with Crippen molar-refractivity contribution in [3.05, 3.63) is 68.4 Å². The van der Waals surface area contributed by atoms with Gasteiger partial charge >= 0.3 is 0 Å². The van der Waals surface area contributed by atoms with Crippen molar-refractivity contribution in [3.8, 4) is 0 Å². The number of aliphatic hydroxyl groups excluding tert-OH is 1. The van der Waals surface area contributed by atoms with Crippen LogP contribution >= 0.6 is 15.9 Å². The van der Waals surface area contributed by atoms with Crippen molar-refractivity contribution in [1.82, 2.24) is 0 Å². The first-order chi connectivity index (χ1) is 8.90. The first kappa shape index (κ1) is 14.2. The lowest BCUT2D eigenvalue weighted by molar-refractivity contribution is 0.213. The number of aliphatic hydroxyl groups is 1. The van der Waals surface area contributed by atoms with E-state index in [0.717, 1.165) is 26.7 Å². The number of hydrogen-bond acceptors (Lipinski definition) is 1. The molecule has 0 saturated heterocycles. The number of rotatable bonds is 2. The molecule has 0 saturated carbocycles. The van der Waals surface area contributed by atoms with Gasteiger partial charge in [0, 0.05) is 10.0 Å². The number of benzene rings is 2. The number of hydrogen-bond donors (Lipinski definition) is 1. The van der Waals surface area contributed by atoms with Crippen molar-refractivity contribution >= 4 is 15.9 Å². The molecule has 0 spiro atoms. The third kappa shape index (κ3) is 2.88. The van der Waals surface area contributed by atoms with Crippen molar-refractivity contribution in [1.29, 1.82) is 0 Å². The van der Waals surface area contributed by atoms with Gasteiger partial charge in [0.2, 0.25) is 0 Å². The second-order valence-corrected chi connectivity index (χ2v) is 5.80. The van der Waals surface area contributed by atoms with Crippen LogP contribution in [0.3, 0.4) is 0 Å². The summed E-state index contributed by atoms with van der Waals surface area (Å²) in [6, 6.07) is 8.99. The maximum atomic E-state index is 14.1. The van der Waals surface area contributed by atoms with Crippen molar-refractivity contribution in [3.63, 3.8) is 0 Å². The van der Waals surface area contributed by atoms with Gasteiger partial charge in [-0.2, -0.15) is 0 Å². The van der Waals surface area contributed by atoms with Crippen LogP contribution in [0.15, 0.2) is 34.8 Å². The normalized spacial score (nSPS) is 12.5. The van der Waals surface area contributed by atoms with E-state index in [0.29, 0.717) is 5.56 Å². The predicted octanol–water partition coefficient (Wildman–Crippen LogP) is 4.60. The Morgan fingerprint density at radius 2 is 1.74 bits per heavy atom. The molecule has 2 aromatic carbocycles. The van der Waals surface area contributed by atoms with Crippen LogP contribution in [0.25, 0.3) is 0 Å². The summed E-state index contributed by atoms with van der Waals surface area (Å²) in [4.78, 5) is 0. The Kier molecular flexibility index (Phi) is 4.07. The molecule has 0 bridgehead atoms. The van der Waals surface area contributed by atoms with Gasteiger partial charge in [0.05, 0.1) is 0 Å². The lowest BCUT2D eigenvalue weighted by Crippen LogP contribution is -2.07. The van der Waals surface area contributed by atoms with Crippen LogP contribution < -0.4 is 0 Å². The van der Waals surface area contributed by atoms with Gasteiger partial charge in [-0.1, -0.05) is 28.1 Å². The van der Waals surface area contributed by atoms with E-state index in [1.807, 2.05) is 45.0 Å². The minimum absolute atomic E-state index is 0.354. The van der Waals surface area contributed by atoms with E-state index in [4.69, 9.17) is 0 Å². The van der Waals surface area contributed by atoms with Gasteiger partial charge < -0.3 is 5.11 Å². The largest absolute Gasteiger partial charge is 0.384 e. The smallest absolute Gasteiger partial charge is 0.129 e. The minimum Gasteiger partial charge on any atom is -0.384 e. The van der Waals surface area contributed by atoms with E-state index in [1.54, 1.807) is 0 Å². The topological polar surface area (TPSA) is 20.2 Å². The van der Waals surface area contributed by atoms with Crippen LogP contribution in [-0.2, 0) is 0 Å². The van der Waals surface area contributed by atoms with E-state index in [1.165, 1.54) is 6.07 Å².